The summed E-state index contributed by atoms with van der Waals surface area (Å²) in [5.74, 6) is 0.842. The van der Waals surface area contributed by atoms with Crippen LogP contribution in [-0.2, 0) is 17.8 Å². The van der Waals surface area contributed by atoms with Gasteiger partial charge in [0, 0.05) is 23.5 Å². The maximum Gasteiger partial charge on any atom is 0.235 e. The Bertz CT molecular complexity index is 876. The highest BCUT2D eigenvalue weighted by molar-refractivity contribution is 5.92. The van der Waals surface area contributed by atoms with Crippen molar-refractivity contribution in [1.29, 1.82) is 0 Å². The Hall–Kier alpha value is -2.63. The van der Waals surface area contributed by atoms with Crippen LogP contribution < -0.4 is 5.32 Å². The zero-order valence-corrected chi connectivity index (χ0v) is 13.8. The lowest BCUT2D eigenvalue weighted by atomic mass is 10.0. The Morgan fingerprint density at radius 2 is 2.00 bits per heavy atom. The first-order valence-corrected chi connectivity index (χ1v) is 7.58. The van der Waals surface area contributed by atoms with Gasteiger partial charge in [0.15, 0.2) is 0 Å². The van der Waals surface area contributed by atoms with Crippen LogP contribution in [0.3, 0.4) is 0 Å². The summed E-state index contributed by atoms with van der Waals surface area (Å²) in [5, 5.41) is 11.5. The Balaban J connectivity index is 1.78. The topological polar surface area (TPSA) is 83.8 Å². The molecule has 0 unspecified atom stereocenters. The van der Waals surface area contributed by atoms with E-state index in [0.29, 0.717) is 18.2 Å². The molecule has 0 aliphatic rings. The fourth-order valence-corrected chi connectivity index (χ4v) is 2.87. The Morgan fingerprint density at radius 1 is 1.22 bits per heavy atom. The van der Waals surface area contributed by atoms with Gasteiger partial charge in [-0.3, -0.25) is 4.79 Å². The monoisotopic (exact) mass is 312 g/mol. The first kappa shape index (κ1) is 15.3. The predicted molar refractivity (Wildman–Crippen MR) is 87.1 cm³/mol. The lowest BCUT2D eigenvalue weighted by Gasteiger charge is -2.04. The molecule has 0 aliphatic heterocycles. The minimum Gasteiger partial charge on any atom is -0.424 e. The number of carbonyl (C=O) groups excluding carboxylic acids is 1. The molecule has 0 spiro atoms. The lowest BCUT2D eigenvalue weighted by molar-refractivity contribution is -0.120. The second-order valence-electron chi connectivity index (χ2n) is 5.90. The van der Waals surface area contributed by atoms with Gasteiger partial charge in [-0.2, -0.15) is 0 Å². The molecule has 120 valence electrons. The van der Waals surface area contributed by atoms with Gasteiger partial charge in [0.05, 0.1) is 13.0 Å². The molecular formula is C17H20N4O2. The van der Waals surface area contributed by atoms with Gasteiger partial charge >= 0.3 is 0 Å². The Labute approximate surface area is 134 Å². The number of aromatic amines is 1. The summed E-state index contributed by atoms with van der Waals surface area (Å²) in [6.07, 6.45) is 0.321. The summed E-state index contributed by atoms with van der Waals surface area (Å²) < 4.78 is 5.25. The summed E-state index contributed by atoms with van der Waals surface area (Å²) in [4.78, 5) is 15.6. The molecule has 0 atom stereocenters. The van der Waals surface area contributed by atoms with Crippen LogP contribution in [0.4, 0.5) is 0 Å². The molecule has 0 bridgehead atoms. The van der Waals surface area contributed by atoms with Crippen molar-refractivity contribution in [1.82, 2.24) is 20.5 Å². The van der Waals surface area contributed by atoms with Crippen molar-refractivity contribution in [2.24, 2.45) is 0 Å². The molecule has 1 amide bonds. The SMILES string of the molecule is Cc1cc(C)c2[nH]c(C)c(CC(=O)NCc3nnc(C)o3)c2c1. The molecule has 2 N–H and O–H groups in total. The van der Waals surface area contributed by atoms with Gasteiger partial charge in [0.25, 0.3) is 0 Å². The number of H-pyrrole nitrogens is 1. The highest BCUT2D eigenvalue weighted by atomic mass is 16.4. The molecule has 2 aromatic heterocycles. The second kappa shape index (κ2) is 5.87. The number of nitrogens with zero attached hydrogens (tertiary/aromatic N) is 2. The van der Waals surface area contributed by atoms with E-state index in [1.54, 1.807) is 6.92 Å². The third-order valence-corrected chi connectivity index (χ3v) is 3.91. The van der Waals surface area contributed by atoms with Crippen LogP contribution in [0.15, 0.2) is 16.5 Å². The Morgan fingerprint density at radius 3 is 2.70 bits per heavy atom. The van der Waals surface area contributed by atoms with Crippen LogP contribution in [-0.4, -0.2) is 21.1 Å². The van der Waals surface area contributed by atoms with Crippen molar-refractivity contribution in [3.8, 4) is 0 Å². The van der Waals surface area contributed by atoms with Crippen LogP contribution >= 0.6 is 0 Å². The molecule has 0 saturated heterocycles. The highest BCUT2D eigenvalue weighted by Crippen LogP contribution is 2.26. The highest BCUT2D eigenvalue weighted by Gasteiger charge is 2.14. The number of benzene rings is 1. The average Bonchev–Trinajstić information content (AvgIpc) is 3.02. The van der Waals surface area contributed by atoms with E-state index in [1.165, 1.54) is 11.1 Å². The molecule has 0 saturated carbocycles. The molecule has 3 aromatic rings. The van der Waals surface area contributed by atoms with Gasteiger partial charge in [-0.1, -0.05) is 11.6 Å². The van der Waals surface area contributed by atoms with E-state index in [2.05, 4.69) is 46.5 Å². The van der Waals surface area contributed by atoms with Crippen LogP contribution in [0.1, 0.15) is 34.2 Å². The van der Waals surface area contributed by atoms with E-state index < -0.39 is 0 Å². The number of rotatable bonds is 4. The summed E-state index contributed by atoms with van der Waals surface area (Å²) in [6, 6.07) is 4.26. The molecule has 2 heterocycles. The zero-order chi connectivity index (χ0) is 16.6. The first-order chi connectivity index (χ1) is 10.9. The normalized spacial score (nSPS) is 11.1. The van der Waals surface area contributed by atoms with E-state index >= 15 is 0 Å². The van der Waals surface area contributed by atoms with Crippen molar-refractivity contribution in [3.63, 3.8) is 0 Å². The fraction of sp³-hybridized carbons (Fsp3) is 0.353. The standard InChI is InChI=1S/C17H20N4O2/c1-9-5-10(2)17-14(6-9)13(11(3)19-17)7-15(22)18-8-16-21-20-12(4)23-16/h5-6,19H,7-8H2,1-4H3,(H,18,22). The van der Waals surface area contributed by atoms with Crippen molar-refractivity contribution in [2.75, 3.05) is 0 Å². The third-order valence-electron chi connectivity index (χ3n) is 3.91. The molecule has 0 radical (unpaired) electrons. The largest absolute Gasteiger partial charge is 0.424 e. The number of fused-ring (bicyclic) bond motifs is 1. The summed E-state index contributed by atoms with van der Waals surface area (Å²) in [5.41, 5.74) is 5.54. The number of amides is 1. The minimum absolute atomic E-state index is 0.0657. The van der Waals surface area contributed by atoms with E-state index in [9.17, 15) is 4.79 Å². The van der Waals surface area contributed by atoms with E-state index in [0.717, 1.165) is 22.2 Å². The number of aryl methyl sites for hydroxylation is 4. The molecule has 1 aromatic carbocycles. The summed E-state index contributed by atoms with van der Waals surface area (Å²) in [7, 11) is 0. The van der Waals surface area contributed by atoms with Gasteiger partial charge in [0.2, 0.25) is 17.7 Å². The van der Waals surface area contributed by atoms with E-state index in [1.807, 2.05) is 6.92 Å². The van der Waals surface area contributed by atoms with Gasteiger partial charge in [-0.05, 0) is 38.0 Å². The first-order valence-electron chi connectivity index (χ1n) is 7.58. The number of carbonyl (C=O) groups is 1. The van der Waals surface area contributed by atoms with Crippen LogP contribution in [0.5, 0.6) is 0 Å². The minimum atomic E-state index is -0.0657. The van der Waals surface area contributed by atoms with Crippen molar-refractivity contribution >= 4 is 16.8 Å². The number of hydrogen-bond acceptors (Lipinski definition) is 4. The van der Waals surface area contributed by atoms with Crippen LogP contribution in [0, 0.1) is 27.7 Å². The molecule has 0 fully saturated rings. The predicted octanol–water partition coefficient (Wildman–Crippen LogP) is 2.64. The van der Waals surface area contributed by atoms with Gasteiger partial charge in [-0.25, -0.2) is 0 Å². The summed E-state index contributed by atoms with van der Waals surface area (Å²) >= 11 is 0. The van der Waals surface area contributed by atoms with Gasteiger partial charge < -0.3 is 14.7 Å². The third kappa shape index (κ3) is 3.11. The fourth-order valence-electron chi connectivity index (χ4n) is 2.87. The zero-order valence-electron chi connectivity index (χ0n) is 13.8. The molecule has 23 heavy (non-hydrogen) atoms. The summed E-state index contributed by atoms with van der Waals surface area (Å²) in [6.45, 7) is 8.11. The maximum absolute atomic E-state index is 12.2. The Kier molecular flexibility index (Phi) is 3.90. The smallest absolute Gasteiger partial charge is 0.235 e. The molecule has 3 rings (SSSR count). The van der Waals surface area contributed by atoms with E-state index in [4.69, 9.17) is 4.42 Å². The number of aromatic nitrogens is 3. The van der Waals surface area contributed by atoms with E-state index in [-0.39, 0.29) is 12.5 Å². The molecule has 6 nitrogen and oxygen atoms in total. The second-order valence-corrected chi connectivity index (χ2v) is 5.90. The molecule has 6 heteroatoms. The van der Waals surface area contributed by atoms with Gasteiger partial charge in [-0.15, -0.1) is 10.2 Å². The number of nitrogens with one attached hydrogen (secondary N) is 2. The quantitative estimate of drug-likeness (QED) is 0.775. The average molecular weight is 312 g/mol. The van der Waals surface area contributed by atoms with Crippen molar-refractivity contribution < 1.29 is 9.21 Å². The molecular weight excluding hydrogens is 292 g/mol. The van der Waals surface area contributed by atoms with Gasteiger partial charge in [0.1, 0.15) is 0 Å². The van der Waals surface area contributed by atoms with Crippen LogP contribution in [0.25, 0.3) is 10.9 Å². The van der Waals surface area contributed by atoms with Crippen molar-refractivity contribution in [3.05, 3.63) is 46.3 Å². The van der Waals surface area contributed by atoms with Crippen LogP contribution in [0.2, 0.25) is 0 Å². The maximum atomic E-state index is 12.2. The lowest BCUT2D eigenvalue weighted by Crippen LogP contribution is -2.24. The van der Waals surface area contributed by atoms with Crippen molar-refractivity contribution in [2.45, 2.75) is 40.7 Å². The molecule has 0 aliphatic carbocycles. The number of hydrogen-bond donors (Lipinski definition) is 2.